The van der Waals surface area contributed by atoms with Crippen molar-refractivity contribution < 1.29 is 9.09 Å². The fourth-order valence-corrected chi connectivity index (χ4v) is 7.50. The van der Waals surface area contributed by atoms with Crippen molar-refractivity contribution in [1.29, 1.82) is 0 Å². The van der Waals surface area contributed by atoms with Gasteiger partial charge < -0.3 is 4.52 Å². The topological polar surface area (TPSA) is 26.3 Å². The minimum absolute atomic E-state index is 0.665. The highest BCUT2D eigenvalue weighted by atomic mass is 31.2. The van der Waals surface area contributed by atoms with E-state index in [1.54, 1.807) is 0 Å². The first-order valence-electron chi connectivity index (χ1n) is 10.8. The van der Waals surface area contributed by atoms with Crippen LogP contribution in [0.4, 0.5) is 0 Å². The molecule has 1 unspecified atom stereocenters. The maximum absolute atomic E-state index is 14.9. The Balaban J connectivity index is 1.87. The quantitative estimate of drug-likeness (QED) is 0.331. The predicted octanol–water partition coefficient (Wildman–Crippen LogP) is 6.79. The number of fused-ring (bicyclic) bond motifs is 1. The van der Waals surface area contributed by atoms with Gasteiger partial charge in [-0.2, -0.15) is 0 Å². The van der Waals surface area contributed by atoms with Crippen LogP contribution in [0.25, 0.3) is 11.3 Å². The van der Waals surface area contributed by atoms with E-state index in [9.17, 15) is 4.57 Å². The summed E-state index contributed by atoms with van der Waals surface area (Å²) in [4.78, 5) is 0. The van der Waals surface area contributed by atoms with Crippen LogP contribution < -0.4 is 10.6 Å². The third-order valence-corrected chi connectivity index (χ3v) is 8.72. The Morgan fingerprint density at radius 1 is 0.656 bits per heavy atom. The third kappa shape index (κ3) is 3.32. The Hall–Kier alpha value is -3.35. The Morgan fingerprint density at radius 3 is 1.81 bits per heavy atom. The molecule has 2 nitrogen and oxygen atoms in total. The van der Waals surface area contributed by atoms with Crippen LogP contribution >= 0.6 is 7.37 Å². The largest absolute Gasteiger partial charge is 0.436 e. The zero-order valence-electron chi connectivity index (χ0n) is 18.5. The van der Waals surface area contributed by atoms with Gasteiger partial charge in [-0.15, -0.1) is 0 Å². The molecule has 158 valence electrons. The highest BCUT2D eigenvalue weighted by Crippen LogP contribution is 2.57. The molecule has 0 radical (unpaired) electrons. The Morgan fingerprint density at radius 2 is 1.19 bits per heavy atom. The van der Waals surface area contributed by atoms with Crippen molar-refractivity contribution in [2.24, 2.45) is 0 Å². The first-order chi connectivity index (χ1) is 15.5. The van der Waals surface area contributed by atoms with Gasteiger partial charge in [0.25, 0.3) is 0 Å². The molecule has 3 heteroatoms. The molecule has 1 aliphatic heterocycles. The van der Waals surface area contributed by atoms with Crippen molar-refractivity contribution in [2.75, 3.05) is 0 Å². The van der Waals surface area contributed by atoms with Crippen LogP contribution in [0.15, 0.2) is 97.1 Å². The lowest BCUT2D eigenvalue weighted by atomic mass is 9.94. The molecule has 0 saturated carbocycles. The van der Waals surface area contributed by atoms with Gasteiger partial charge in [0.15, 0.2) is 0 Å². The molecule has 1 heterocycles. The maximum Gasteiger partial charge on any atom is 0.307 e. The van der Waals surface area contributed by atoms with Crippen molar-refractivity contribution >= 4 is 29.3 Å². The first-order valence-corrected chi connectivity index (χ1v) is 12.4. The molecule has 0 fully saturated rings. The molecule has 1 atom stereocenters. The van der Waals surface area contributed by atoms with Gasteiger partial charge in [0.1, 0.15) is 5.76 Å². The van der Waals surface area contributed by atoms with Crippen LogP contribution in [0.5, 0.6) is 0 Å². The molecule has 0 aromatic heterocycles. The number of hydrogen-bond donors (Lipinski definition) is 0. The molecule has 0 saturated heterocycles. The summed E-state index contributed by atoms with van der Waals surface area (Å²) >= 11 is 0. The second-order valence-corrected chi connectivity index (χ2v) is 10.6. The number of hydrogen-bond acceptors (Lipinski definition) is 2. The van der Waals surface area contributed by atoms with Crippen LogP contribution in [-0.2, 0) is 9.09 Å². The van der Waals surface area contributed by atoms with E-state index in [1.165, 1.54) is 0 Å². The average molecular weight is 436 g/mol. The lowest BCUT2D eigenvalue weighted by Crippen LogP contribution is -2.28. The van der Waals surface area contributed by atoms with Crippen molar-refractivity contribution in [1.82, 2.24) is 0 Å². The lowest BCUT2D eigenvalue weighted by molar-refractivity contribution is 0.479. The average Bonchev–Trinajstić information content (AvgIpc) is 2.79. The first kappa shape index (κ1) is 20.5. The fourth-order valence-electron chi connectivity index (χ4n) is 4.77. The van der Waals surface area contributed by atoms with Gasteiger partial charge in [-0.3, -0.25) is 4.57 Å². The van der Waals surface area contributed by atoms with Gasteiger partial charge in [0.2, 0.25) is 0 Å². The molecule has 4 aromatic rings. The number of benzene rings is 4. The van der Waals surface area contributed by atoms with E-state index in [4.69, 9.17) is 4.52 Å². The van der Waals surface area contributed by atoms with Crippen LogP contribution in [0.1, 0.15) is 33.4 Å². The molecular formula is C29H25O2P. The standard InChI is InChI=1S/C29H25O2P/c1-20-18-21(2)29(22(3)19-20)32(30)26-17-11-10-16-25(26)27(23-12-6-4-7-13-23)28(31-32)24-14-8-5-9-15-24/h4-19H,1-3H3. The highest BCUT2D eigenvalue weighted by molar-refractivity contribution is 7.75. The molecule has 0 spiro atoms. The number of rotatable bonds is 3. The van der Waals surface area contributed by atoms with E-state index in [0.717, 1.165) is 49.6 Å². The van der Waals surface area contributed by atoms with Gasteiger partial charge in [-0.25, -0.2) is 0 Å². The van der Waals surface area contributed by atoms with Crippen LogP contribution in [0.3, 0.4) is 0 Å². The Kier molecular flexibility index (Phi) is 5.12. The van der Waals surface area contributed by atoms with Gasteiger partial charge in [0, 0.05) is 16.7 Å². The summed E-state index contributed by atoms with van der Waals surface area (Å²) in [6.07, 6.45) is 0. The zero-order chi connectivity index (χ0) is 22.3. The molecule has 0 aliphatic carbocycles. The fraction of sp³-hybridized carbons (Fsp3) is 0.103. The minimum Gasteiger partial charge on any atom is -0.436 e. The van der Waals surface area contributed by atoms with E-state index in [2.05, 4.69) is 37.3 Å². The normalized spacial score (nSPS) is 17.6. The summed E-state index contributed by atoms with van der Waals surface area (Å²) in [5, 5.41) is 1.56. The van der Waals surface area contributed by atoms with Crippen molar-refractivity contribution in [3.8, 4) is 0 Å². The molecule has 0 amide bonds. The van der Waals surface area contributed by atoms with Gasteiger partial charge in [-0.05, 0) is 43.5 Å². The Labute approximate surface area is 189 Å². The summed E-state index contributed by atoms with van der Waals surface area (Å²) in [5.74, 6) is 0.665. The second kappa shape index (κ2) is 7.97. The van der Waals surface area contributed by atoms with E-state index in [1.807, 2.05) is 80.6 Å². The summed E-state index contributed by atoms with van der Waals surface area (Å²) in [5.41, 5.74) is 7.05. The highest BCUT2D eigenvalue weighted by Gasteiger charge is 2.41. The summed E-state index contributed by atoms with van der Waals surface area (Å²) < 4.78 is 21.6. The van der Waals surface area contributed by atoms with Crippen molar-refractivity contribution in [3.05, 3.63) is 130 Å². The minimum atomic E-state index is -3.39. The molecule has 0 N–H and O–H groups in total. The zero-order valence-corrected chi connectivity index (χ0v) is 19.4. The summed E-state index contributed by atoms with van der Waals surface area (Å²) in [7, 11) is -3.39. The van der Waals surface area contributed by atoms with Crippen LogP contribution in [0.2, 0.25) is 0 Å². The smallest absolute Gasteiger partial charge is 0.307 e. The van der Waals surface area contributed by atoms with Gasteiger partial charge >= 0.3 is 7.37 Å². The summed E-state index contributed by atoms with van der Waals surface area (Å²) in [6, 6.07) is 32.4. The monoisotopic (exact) mass is 436 g/mol. The third-order valence-electron chi connectivity index (χ3n) is 5.97. The van der Waals surface area contributed by atoms with E-state index in [-0.39, 0.29) is 0 Å². The SMILES string of the molecule is Cc1cc(C)c(P2(=O)OC(c3ccccc3)=C(c3ccccc3)c3ccccc32)c(C)c1. The molecular weight excluding hydrogens is 411 g/mol. The van der Waals surface area contributed by atoms with Gasteiger partial charge in [0.05, 0.1) is 10.6 Å². The molecule has 1 aliphatic rings. The maximum atomic E-state index is 14.9. The van der Waals surface area contributed by atoms with Crippen LogP contribution in [-0.4, -0.2) is 0 Å². The lowest BCUT2D eigenvalue weighted by Gasteiger charge is -2.33. The predicted molar refractivity (Wildman–Crippen MR) is 134 cm³/mol. The molecule has 5 rings (SSSR count). The Bertz CT molecular complexity index is 1360. The van der Waals surface area contributed by atoms with E-state index >= 15 is 0 Å². The van der Waals surface area contributed by atoms with E-state index < -0.39 is 7.37 Å². The number of aryl methyl sites for hydroxylation is 3. The molecule has 0 bridgehead atoms. The molecule has 32 heavy (non-hydrogen) atoms. The second-order valence-electron chi connectivity index (χ2n) is 8.34. The van der Waals surface area contributed by atoms with Crippen molar-refractivity contribution in [3.63, 3.8) is 0 Å². The summed E-state index contributed by atoms with van der Waals surface area (Å²) in [6.45, 7) is 6.12. The van der Waals surface area contributed by atoms with Gasteiger partial charge in [-0.1, -0.05) is 96.6 Å². The van der Waals surface area contributed by atoms with Crippen molar-refractivity contribution in [2.45, 2.75) is 20.8 Å². The molecule has 4 aromatic carbocycles. The van der Waals surface area contributed by atoms with Crippen LogP contribution in [0, 0.1) is 20.8 Å². The van der Waals surface area contributed by atoms with E-state index in [0.29, 0.717) is 5.76 Å².